The molecule has 96 valence electrons. The molecule has 0 aliphatic heterocycles. The average molecular weight is 259 g/mol. The van der Waals surface area contributed by atoms with Crippen molar-refractivity contribution >= 4 is 16.6 Å². The Morgan fingerprint density at radius 3 is 2.00 bits per heavy atom. The van der Waals surface area contributed by atoms with Gasteiger partial charge < -0.3 is 25.2 Å². The molecule has 0 aliphatic rings. The number of aliphatic hydroxyl groups excluding tert-OH is 4. The van der Waals surface area contributed by atoms with E-state index in [-0.39, 0.29) is 6.29 Å². The number of carbonyl (C=O) groups is 1. The van der Waals surface area contributed by atoms with Gasteiger partial charge in [-0.05, 0) is 0 Å². The van der Waals surface area contributed by atoms with E-state index in [0.29, 0.717) is 0 Å². The largest absolute Gasteiger partial charge is 0.394 e. The van der Waals surface area contributed by atoms with E-state index in [1.807, 2.05) is 0 Å². The van der Waals surface area contributed by atoms with Gasteiger partial charge in [-0.25, -0.2) is 0 Å². The SMILES string of the molecule is O=C[C@H](NS(=O)(=O)O)[C@H](O)[C@H](O)[C@H](O)CO. The summed E-state index contributed by atoms with van der Waals surface area (Å²) in [5, 5.41) is 35.8. The van der Waals surface area contributed by atoms with E-state index in [9.17, 15) is 18.3 Å². The van der Waals surface area contributed by atoms with E-state index in [1.165, 1.54) is 4.72 Å². The molecule has 0 aromatic heterocycles. The van der Waals surface area contributed by atoms with Crippen LogP contribution in [0.4, 0.5) is 0 Å². The van der Waals surface area contributed by atoms with Crippen LogP contribution in [0, 0.1) is 0 Å². The van der Waals surface area contributed by atoms with E-state index < -0.39 is 41.3 Å². The standard InChI is InChI=1S/C6H13NO8S/c8-1-3(7-16(13,14)15)5(11)6(12)4(10)2-9/h1,3-7,9-12H,2H2,(H,13,14,15)/t3-,4+,5-,6+/m0/s1. The van der Waals surface area contributed by atoms with Crippen LogP contribution in [0.2, 0.25) is 0 Å². The van der Waals surface area contributed by atoms with E-state index in [0.717, 1.165) is 0 Å². The summed E-state index contributed by atoms with van der Waals surface area (Å²) in [6.07, 6.45) is -5.79. The molecule has 9 nitrogen and oxygen atoms in total. The molecule has 0 unspecified atom stereocenters. The first-order chi connectivity index (χ1) is 7.22. The third kappa shape index (κ3) is 4.94. The van der Waals surface area contributed by atoms with Crippen molar-refractivity contribution in [1.82, 2.24) is 4.72 Å². The maximum Gasteiger partial charge on any atom is 0.334 e. The maximum absolute atomic E-state index is 10.4. The number of aldehydes is 1. The Kier molecular flexibility index (Phi) is 5.96. The van der Waals surface area contributed by atoms with Gasteiger partial charge in [0, 0.05) is 0 Å². The molecule has 0 aromatic rings. The third-order valence-electron chi connectivity index (χ3n) is 1.73. The van der Waals surface area contributed by atoms with Crippen LogP contribution in [0.15, 0.2) is 0 Å². The number of rotatable bonds is 7. The Labute approximate surface area is 91.2 Å². The maximum atomic E-state index is 10.4. The number of nitrogens with one attached hydrogen (secondary N) is 1. The van der Waals surface area contributed by atoms with Gasteiger partial charge in [-0.15, -0.1) is 0 Å². The van der Waals surface area contributed by atoms with E-state index in [4.69, 9.17) is 19.9 Å². The molecular formula is C6H13NO8S. The molecule has 0 saturated carbocycles. The topological polar surface area (TPSA) is 164 Å². The lowest BCUT2D eigenvalue weighted by molar-refractivity contribution is -0.119. The molecule has 0 amide bonds. The highest BCUT2D eigenvalue weighted by atomic mass is 32.2. The van der Waals surface area contributed by atoms with Crippen molar-refractivity contribution < 1.29 is 38.2 Å². The van der Waals surface area contributed by atoms with Gasteiger partial charge in [0.05, 0.1) is 6.61 Å². The predicted octanol–water partition coefficient (Wildman–Crippen LogP) is -3.98. The molecule has 0 radical (unpaired) electrons. The van der Waals surface area contributed by atoms with Crippen LogP contribution < -0.4 is 4.72 Å². The summed E-state index contributed by atoms with van der Waals surface area (Å²) < 4.78 is 30.4. The second kappa shape index (κ2) is 6.20. The lowest BCUT2D eigenvalue weighted by atomic mass is 10.0. The van der Waals surface area contributed by atoms with Crippen molar-refractivity contribution in [3.63, 3.8) is 0 Å². The highest BCUT2D eigenvalue weighted by molar-refractivity contribution is 7.83. The molecule has 10 heteroatoms. The zero-order valence-electron chi connectivity index (χ0n) is 7.96. The fourth-order valence-corrected chi connectivity index (χ4v) is 1.44. The Hall–Kier alpha value is -0.620. The van der Waals surface area contributed by atoms with Crippen LogP contribution in [0.1, 0.15) is 0 Å². The lowest BCUT2D eigenvalue weighted by Crippen LogP contribution is -2.53. The Morgan fingerprint density at radius 1 is 1.19 bits per heavy atom. The van der Waals surface area contributed by atoms with Crippen LogP contribution >= 0.6 is 0 Å². The van der Waals surface area contributed by atoms with Gasteiger partial charge in [-0.2, -0.15) is 13.1 Å². The summed E-state index contributed by atoms with van der Waals surface area (Å²) >= 11 is 0. The van der Waals surface area contributed by atoms with Gasteiger partial charge in [0.2, 0.25) is 0 Å². The minimum atomic E-state index is -4.74. The van der Waals surface area contributed by atoms with Crippen molar-refractivity contribution in [2.75, 3.05) is 6.61 Å². The van der Waals surface area contributed by atoms with Crippen molar-refractivity contribution in [2.45, 2.75) is 24.4 Å². The molecule has 0 aromatic carbocycles. The monoisotopic (exact) mass is 259 g/mol. The van der Waals surface area contributed by atoms with Crippen LogP contribution in [0.25, 0.3) is 0 Å². The molecule has 0 aliphatic carbocycles. The summed E-state index contributed by atoms with van der Waals surface area (Å²) in [6, 6.07) is -1.84. The molecule has 0 spiro atoms. The molecular weight excluding hydrogens is 246 g/mol. The van der Waals surface area contributed by atoms with Gasteiger partial charge in [0.15, 0.2) is 0 Å². The first-order valence-electron chi connectivity index (χ1n) is 4.08. The summed E-state index contributed by atoms with van der Waals surface area (Å²) in [5.41, 5.74) is 0. The minimum Gasteiger partial charge on any atom is -0.394 e. The third-order valence-corrected chi connectivity index (χ3v) is 2.30. The van der Waals surface area contributed by atoms with Gasteiger partial charge >= 0.3 is 10.3 Å². The number of hydrogen-bond donors (Lipinski definition) is 6. The summed E-state index contributed by atoms with van der Waals surface area (Å²) in [7, 11) is -4.74. The summed E-state index contributed by atoms with van der Waals surface area (Å²) in [6.45, 7) is -0.893. The molecule has 0 rings (SSSR count). The van der Waals surface area contributed by atoms with Crippen LogP contribution in [0.3, 0.4) is 0 Å². The van der Waals surface area contributed by atoms with Crippen LogP contribution in [0.5, 0.6) is 0 Å². The van der Waals surface area contributed by atoms with Crippen molar-refractivity contribution in [1.29, 1.82) is 0 Å². The van der Waals surface area contributed by atoms with Gasteiger partial charge in [-0.3, -0.25) is 4.55 Å². The fraction of sp³-hybridized carbons (Fsp3) is 0.833. The molecule has 0 saturated heterocycles. The lowest BCUT2D eigenvalue weighted by Gasteiger charge is -2.25. The minimum absolute atomic E-state index is 0.0776. The van der Waals surface area contributed by atoms with E-state index >= 15 is 0 Å². The first kappa shape index (κ1) is 15.4. The average Bonchev–Trinajstić information content (AvgIpc) is 2.21. The van der Waals surface area contributed by atoms with Crippen molar-refractivity contribution in [3.8, 4) is 0 Å². The fourth-order valence-electron chi connectivity index (χ4n) is 0.898. The smallest absolute Gasteiger partial charge is 0.334 e. The Morgan fingerprint density at radius 2 is 1.69 bits per heavy atom. The van der Waals surface area contributed by atoms with E-state index in [1.54, 1.807) is 0 Å². The number of aliphatic hydroxyl groups is 4. The van der Waals surface area contributed by atoms with E-state index in [2.05, 4.69) is 0 Å². The highest BCUT2D eigenvalue weighted by Crippen LogP contribution is 2.04. The summed E-state index contributed by atoms with van der Waals surface area (Å²) in [5.74, 6) is 0. The van der Waals surface area contributed by atoms with Crippen LogP contribution in [-0.4, -0.2) is 70.6 Å². The van der Waals surface area contributed by atoms with Gasteiger partial charge in [0.25, 0.3) is 0 Å². The predicted molar refractivity (Wildman–Crippen MR) is 49.6 cm³/mol. The molecule has 16 heavy (non-hydrogen) atoms. The molecule has 0 fully saturated rings. The Balaban J connectivity index is 4.65. The number of carbonyl (C=O) groups excluding carboxylic acids is 1. The normalized spacial score (nSPS) is 19.8. The quantitative estimate of drug-likeness (QED) is 0.199. The molecule has 0 heterocycles. The van der Waals surface area contributed by atoms with Gasteiger partial charge in [-0.1, -0.05) is 0 Å². The highest BCUT2D eigenvalue weighted by Gasteiger charge is 2.32. The molecule has 6 N–H and O–H groups in total. The zero-order chi connectivity index (χ0) is 12.9. The second-order valence-corrected chi connectivity index (χ2v) is 4.17. The molecule has 0 bridgehead atoms. The Bertz CT molecular complexity index is 316. The zero-order valence-corrected chi connectivity index (χ0v) is 8.78. The molecule has 4 atom stereocenters. The first-order valence-corrected chi connectivity index (χ1v) is 5.52. The van der Waals surface area contributed by atoms with Gasteiger partial charge in [0.1, 0.15) is 30.6 Å². The second-order valence-electron chi connectivity index (χ2n) is 2.99. The number of hydrogen-bond acceptors (Lipinski definition) is 7. The summed E-state index contributed by atoms with van der Waals surface area (Å²) in [4.78, 5) is 10.4. The van der Waals surface area contributed by atoms with Crippen LogP contribution in [-0.2, 0) is 15.1 Å². The van der Waals surface area contributed by atoms with Crippen molar-refractivity contribution in [2.24, 2.45) is 0 Å². The van der Waals surface area contributed by atoms with Crippen molar-refractivity contribution in [3.05, 3.63) is 0 Å².